The number of nitrogens with one attached hydrogen (secondary N) is 2. The van der Waals surface area contributed by atoms with Crippen LogP contribution in [0.5, 0.6) is 0 Å². The van der Waals surface area contributed by atoms with Gasteiger partial charge in [0.1, 0.15) is 0 Å². The summed E-state index contributed by atoms with van der Waals surface area (Å²) >= 11 is 0. The molecule has 0 aromatic heterocycles. The topological polar surface area (TPSA) is 33.3 Å². The molecule has 3 nitrogen and oxygen atoms in total. The maximum absolute atomic E-state index is 6.19. The van der Waals surface area contributed by atoms with Crippen LogP contribution in [0, 0.1) is 0 Å². The van der Waals surface area contributed by atoms with Gasteiger partial charge in [-0.25, -0.2) is 0 Å². The molecule has 2 N–H and O–H groups in total. The second-order valence-electron chi connectivity index (χ2n) is 4.85. The largest absolute Gasteiger partial charge is 0.366 e. The van der Waals surface area contributed by atoms with E-state index in [1.54, 1.807) is 0 Å². The van der Waals surface area contributed by atoms with Crippen molar-refractivity contribution in [1.29, 1.82) is 0 Å². The van der Waals surface area contributed by atoms with E-state index >= 15 is 0 Å². The van der Waals surface area contributed by atoms with Crippen LogP contribution in [-0.2, 0) is 11.2 Å². The molecule has 3 heteroatoms. The summed E-state index contributed by atoms with van der Waals surface area (Å²) in [5.74, 6) is 0. The second kappa shape index (κ2) is 4.17. The molecule has 0 radical (unpaired) electrons. The third-order valence-corrected chi connectivity index (χ3v) is 3.42. The molecule has 0 saturated carbocycles. The average molecular weight is 218 g/mol. The molecule has 0 amide bonds. The Labute approximate surface area is 96.2 Å². The lowest BCUT2D eigenvalue weighted by molar-refractivity contribution is -0.135. The molecule has 2 heterocycles. The van der Waals surface area contributed by atoms with Crippen molar-refractivity contribution in [2.75, 3.05) is 26.2 Å². The van der Waals surface area contributed by atoms with Gasteiger partial charge in [-0.1, -0.05) is 30.3 Å². The Morgan fingerprint density at radius 3 is 2.50 bits per heavy atom. The van der Waals surface area contributed by atoms with Gasteiger partial charge in [-0.15, -0.1) is 0 Å². The maximum atomic E-state index is 6.19. The minimum atomic E-state index is -0.0392. The summed E-state index contributed by atoms with van der Waals surface area (Å²) in [6, 6.07) is 10.6. The number of rotatable bonds is 2. The smallest absolute Gasteiger partial charge is 0.0974 e. The van der Waals surface area contributed by atoms with Crippen LogP contribution in [0.15, 0.2) is 30.3 Å². The Bertz CT molecular complexity index is 342. The number of fused-ring (bicyclic) bond motifs is 2. The maximum Gasteiger partial charge on any atom is 0.0974 e. The highest BCUT2D eigenvalue weighted by Gasteiger charge is 2.40. The van der Waals surface area contributed by atoms with E-state index in [0.29, 0.717) is 6.10 Å². The van der Waals surface area contributed by atoms with E-state index in [4.69, 9.17) is 4.74 Å². The number of ether oxygens (including phenoxy) is 1. The fourth-order valence-corrected chi connectivity index (χ4v) is 2.71. The molecule has 2 fully saturated rings. The van der Waals surface area contributed by atoms with Gasteiger partial charge in [0.15, 0.2) is 0 Å². The van der Waals surface area contributed by atoms with Crippen molar-refractivity contribution in [2.24, 2.45) is 0 Å². The Morgan fingerprint density at radius 1 is 1.12 bits per heavy atom. The highest BCUT2D eigenvalue weighted by atomic mass is 16.5. The predicted molar refractivity (Wildman–Crippen MR) is 63.5 cm³/mol. The number of hydrogen-bond acceptors (Lipinski definition) is 3. The molecule has 0 aliphatic carbocycles. The summed E-state index contributed by atoms with van der Waals surface area (Å²) in [5.41, 5.74) is 1.32. The van der Waals surface area contributed by atoms with Crippen molar-refractivity contribution in [1.82, 2.24) is 10.6 Å². The van der Waals surface area contributed by atoms with E-state index in [-0.39, 0.29) is 5.60 Å². The van der Waals surface area contributed by atoms with Gasteiger partial charge >= 0.3 is 0 Å². The molecule has 1 aromatic carbocycles. The van der Waals surface area contributed by atoms with E-state index in [2.05, 4.69) is 41.0 Å². The van der Waals surface area contributed by atoms with Crippen LogP contribution >= 0.6 is 0 Å². The van der Waals surface area contributed by atoms with Gasteiger partial charge in [0.25, 0.3) is 0 Å². The van der Waals surface area contributed by atoms with Gasteiger partial charge in [0.2, 0.25) is 0 Å². The molecular formula is C13H18N2O. The molecule has 1 aromatic rings. The van der Waals surface area contributed by atoms with Crippen molar-refractivity contribution in [3.8, 4) is 0 Å². The zero-order valence-corrected chi connectivity index (χ0v) is 9.41. The number of benzene rings is 1. The van der Waals surface area contributed by atoms with Crippen LogP contribution in [0.1, 0.15) is 5.56 Å². The zero-order valence-electron chi connectivity index (χ0n) is 9.41. The highest BCUT2D eigenvalue weighted by Crippen LogP contribution is 2.24. The predicted octanol–water partition coefficient (Wildman–Crippen LogP) is 0.559. The van der Waals surface area contributed by atoms with E-state index in [1.807, 2.05) is 0 Å². The summed E-state index contributed by atoms with van der Waals surface area (Å²) in [6.45, 7) is 3.85. The lowest BCUT2D eigenvalue weighted by Crippen LogP contribution is -2.65. The van der Waals surface area contributed by atoms with E-state index in [0.717, 1.165) is 32.6 Å². The lowest BCUT2D eigenvalue weighted by atomic mass is 9.90. The van der Waals surface area contributed by atoms with Crippen LogP contribution in [-0.4, -0.2) is 37.9 Å². The third kappa shape index (κ3) is 1.98. The molecule has 0 atom stereocenters. The molecule has 2 aliphatic heterocycles. The fraction of sp³-hybridized carbons (Fsp3) is 0.538. The van der Waals surface area contributed by atoms with Crippen LogP contribution in [0.4, 0.5) is 0 Å². The van der Waals surface area contributed by atoms with E-state index in [9.17, 15) is 0 Å². The molecule has 2 saturated heterocycles. The van der Waals surface area contributed by atoms with E-state index in [1.165, 1.54) is 5.56 Å². The minimum Gasteiger partial charge on any atom is -0.366 e. The first-order valence-corrected chi connectivity index (χ1v) is 6.00. The Morgan fingerprint density at radius 2 is 1.81 bits per heavy atom. The normalized spacial score (nSPS) is 33.6. The number of morpholine rings is 2. The lowest BCUT2D eigenvalue weighted by Gasteiger charge is -2.46. The summed E-state index contributed by atoms with van der Waals surface area (Å²) in [5, 5.41) is 6.97. The summed E-state index contributed by atoms with van der Waals surface area (Å²) in [4.78, 5) is 0. The second-order valence-corrected chi connectivity index (χ2v) is 4.85. The van der Waals surface area contributed by atoms with Crippen LogP contribution < -0.4 is 10.6 Å². The first kappa shape index (κ1) is 10.3. The fourth-order valence-electron chi connectivity index (χ4n) is 2.71. The Hall–Kier alpha value is -0.900. The molecule has 16 heavy (non-hydrogen) atoms. The standard InChI is InChI=1S/C13H18N2O/c1-2-4-11(5-3-1)6-13-9-14-7-12(16-13)8-15-10-13/h1-5,12,14-15H,6-10H2. The van der Waals surface area contributed by atoms with Gasteiger partial charge in [0, 0.05) is 32.6 Å². The third-order valence-electron chi connectivity index (χ3n) is 3.42. The minimum absolute atomic E-state index is 0.0392. The van der Waals surface area contributed by atoms with Gasteiger partial charge in [-0.05, 0) is 5.56 Å². The Balaban J connectivity index is 1.77. The number of hydrogen-bond donors (Lipinski definition) is 2. The molecule has 3 rings (SSSR count). The van der Waals surface area contributed by atoms with E-state index < -0.39 is 0 Å². The summed E-state index contributed by atoms with van der Waals surface area (Å²) < 4.78 is 6.19. The van der Waals surface area contributed by atoms with Crippen molar-refractivity contribution in [3.63, 3.8) is 0 Å². The quantitative estimate of drug-likeness (QED) is 0.761. The molecular weight excluding hydrogens is 200 g/mol. The summed E-state index contributed by atoms with van der Waals surface area (Å²) in [6.07, 6.45) is 1.33. The monoisotopic (exact) mass is 218 g/mol. The van der Waals surface area contributed by atoms with Crippen molar-refractivity contribution >= 4 is 0 Å². The zero-order chi connectivity index (χ0) is 10.8. The van der Waals surface area contributed by atoms with Gasteiger partial charge < -0.3 is 15.4 Å². The first-order chi connectivity index (χ1) is 7.86. The molecule has 2 aliphatic rings. The molecule has 0 unspecified atom stereocenters. The van der Waals surface area contributed by atoms with Gasteiger partial charge in [0.05, 0.1) is 11.7 Å². The molecule has 2 bridgehead atoms. The average Bonchev–Trinajstić information content (AvgIpc) is 2.30. The van der Waals surface area contributed by atoms with Crippen molar-refractivity contribution in [3.05, 3.63) is 35.9 Å². The molecule has 86 valence electrons. The highest BCUT2D eigenvalue weighted by molar-refractivity contribution is 5.18. The molecule has 0 spiro atoms. The van der Waals surface area contributed by atoms with Crippen molar-refractivity contribution < 1.29 is 4.74 Å². The van der Waals surface area contributed by atoms with Crippen molar-refractivity contribution in [2.45, 2.75) is 18.1 Å². The summed E-state index contributed by atoms with van der Waals surface area (Å²) in [7, 11) is 0. The van der Waals surface area contributed by atoms with Gasteiger partial charge in [-0.2, -0.15) is 0 Å². The van der Waals surface area contributed by atoms with Crippen LogP contribution in [0.25, 0.3) is 0 Å². The SMILES string of the molecule is c1ccc(CC23CNCC(CNC2)O3)cc1. The van der Waals surface area contributed by atoms with Crippen LogP contribution in [0.2, 0.25) is 0 Å². The van der Waals surface area contributed by atoms with Gasteiger partial charge in [-0.3, -0.25) is 0 Å². The Kier molecular flexibility index (Phi) is 2.67. The van der Waals surface area contributed by atoms with Crippen LogP contribution in [0.3, 0.4) is 0 Å². The first-order valence-electron chi connectivity index (χ1n) is 6.00.